The third kappa shape index (κ3) is 8.00. The first-order chi connectivity index (χ1) is 24.6. The molecule has 0 radical (unpaired) electrons. The van der Waals surface area contributed by atoms with E-state index < -0.39 is 23.5 Å². The Labute approximate surface area is 305 Å². The summed E-state index contributed by atoms with van der Waals surface area (Å²) in [6, 6.07) is 16.9. The third-order valence-corrected chi connectivity index (χ3v) is 9.18. The van der Waals surface area contributed by atoms with Crippen LogP contribution in [-0.4, -0.2) is 50.5 Å². The normalized spacial score (nSPS) is 13.8. The maximum Gasteiger partial charge on any atom is 0.343 e. The van der Waals surface area contributed by atoms with Gasteiger partial charge in [0, 0.05) is 15.6 Å². The van der Waals surface area contributed by atoms with Crippen molar-refractivity contribution < 1.29 is 38.0 Å². The van der Waals surface area contributed by atoms with Crippen LogP contribution >= 0.6 is 27.3 Å². The van der Waals surface area contributed by atoms with Crippen LogP contribution in [0.5, 0.6) is 23.0 Å². The number of rotatable bonds is 13. The number of esters is 2. The van der Waals surface area contributed by atoms with Crippen molar-refractivity contribution in [2.24, 2.45) is 4.99 Å². The topological polar surface area (TPSA) is 148 Å². The van der Waals surface area contributed by atoms with Crippen LogP contribution < -0.4 is 33.8 Å². The van der Waals surface area contributed by atoms with Crippen LogP contribution in [0.3, 0.4) is 0 Å². The van der Waals surface area contributed by atoms with Gasteiger partial charge in [0.05, 0.1) is 60.9 Å². The molecular weight excluding hydrogens is 742 g/mol. The van der Waals surface area contributed by atoms with Crippen molar-refractivity contribution in [3.05, 3.63) is 112 Å². The van der Waals surface area contributed by atoms with E-state index in [4.69, 9.17) is 28.4 Å². The van der Waals surface area contributed by atoms with Crippen molar-refractivity contribution >= 4 is 45.3 Å². The predicted molar refractivity (Wildman–Crippen MR) is 192 cm³/mol. The van der Waals surface area contributed by atoms with Gasteiger partial charge in [-0.25, -0.2) is 14.6 Å². The maximum atomic E-state index is 14.4. The highest BCUT2D eigenvalue weighted by atomic mass is 79.9. The molecule has 3 aromatic carbocycles. The number of aromatic nitrogens is 1. The molecule has 264 valence electrons. The van der Waals surface area contributed by atoms with Crippen LogP contribution in [0.25, 0.3) is 6.08 Å². The van der Waals surface area contributed by atoms with E-state index in [9.17, 15) is 19.6 Å². The molecule has 1 atom stereocenters. The lowest BCUT2D eigenvalue weighted by Gasteiger charge is -2.25. The quantitative estimate of drug-likeness (QED) is 0.171. The van der Waals surface area contributed by atoms with Gasteiger partial charge in [0.1, 0.15) is 6.61 Å². The molecule has 12 nitrogen and oxygen atoms in total. The predicted octanol–water partition coefficient (Wildman–Crippen LogP) is 4.97. The maximum absolute atomic E-state index is 14.4. The van der Waals surface area contributed by atoms with Gasteiger partial charge in [0.25, 0.3) is 5.56 Å². The van der Waals surface area contributed by atoms with E-state index in [1.807, 2.05) is 6.07 Å². The molecular formula is C37H34BrN3O9S. The van der Waals surface area contributed by atoms with Crippen molar-refractivity contribution in [1.82, 2.24) is 4.57 Å². The fraction of sp³-hybridized carbons (Fsp3) is 0.270. The van der Waals surface area contributed by atoms with Crippen molar-refractivity contribution in [1.29, 1.82) is 5.26 Å². The fourth-order valence-corrected chi connectivity index (χ4v) is 6.93. The summed E-state index contributed by atoms with van der Waals surface area (Å²) in [6.45, 7) is 5.32. The second kappa shape index (κ2) is 16.5. The molecule has 0 spiro atoms. The Balaban J connectivity index is 1.66. The minimum absolute atomic E-state index is 0.0768. The van der Waals surface area contributed by atoms with Crippen LogP contribution in [0, 0.1) is 11.3 Å². The van der Waals surface area contributed by atoms with Crippen molar-refractivity contribution in [3.8, 4) is 29.1 Å². The number of fused-ring (bicyclic) bond motifs is 1. The Morgan fingerprint density at radius 2 is 1.80 bits per heavy atom. The van der Waals surface area contributed by atoms with Gasteiger partial charge in [-0.15, -0.1) is 0 Å². The fourth-order valence-electron chi connectivity index (χ4n) is 5.43. The molecule has 0 unspecified atom stereocenters. The minimum atomic E-state index is -0.938. The van der Waals surface area contributed by atoms with Crippen molar-refractivity contribution in [3.63, 3.8) is 0 Å². The Morgan fingerprint density at radius 3 is 2.51 bits per heavy atom. The summed E-state index contributed by atoms with van der Waals surface area (Å²) in [6.07, 6.45) is 1.68. The Morgan fingerprint density at radius 1 is 1.02 bits per heavy atom. The zero-order valence-electron chi connectivity index (χ0n) is 28.5. The molecule has 0 amide bonds. The average molecular weight is 777 g/mol. The SMILES string of the molecule is CCOC(=O)C1=C(C)N=c2s/c(=C/c3cc(Br)cc(OC)c3OCc3ccccc3C#N)c(=O)n2[C@@H]1c1ccc(OCC(=O)OC)c(OCC)c1. The van der Waals surface area contributed by atoms with Gasteiger partial charge < -0.3 is 28.4 Å². The molecule has 0 fully saturated rings. The molecule has 1 aliphatic rings. The zero-order valence-corrected chi connectivity index (χ0v) is 30.9. The molecule has 14 heteroatoms. The van der Waals surface area contributed by atoms with E-state index in [1.165, 1.54) is 18.8 Å². The monoisotopic (exact) mass is 775 g/mol. The van der Waals surface area contributed by atoms with Gasteiger partial charge in [-0.1, -0.05) is 51.5 Å². The smallest absolute Gasteiger partial charge is 0.343 e. The summed E-state index contributed by atoms with van der Waals surface area (Å²) in [5, 5.41) is 9.58. The highest BCUT2D eigenvalue weighted by Gasteiger charge is 2.34. The summed E-state index contributed by atoms with van der Waals surface area (Å²) < 4.78 is 36.0. The van der Waals surface area contributed by atoms with Gasteiger partial charge in [0.2, 0.25) is 0 Å². The standard InChI is InChI=1S/C37H34BrN3O9S/c1-6-47-28-15-22(12-13-27(28)49-20-31(42)46-5)33-32(36(44)48-7-2)21(3)40-37-41(33)35(43)30(51-37)16-25-14-26(38)17-29(45-4)34(25)50-19-24-11-9-8-10-23(24)18-39/h8-17,33H,6-7,19-20H2,1-5H3/b30-16+/t33-/m1/s1. The van der Waals surface area contributed by atoms with Gasteiger partial charge in [-0.3, -0.25) is 9.36 Å². The van der Waals surface area contributed by atoms with E-state index >= 15 is 0 Å². The summed E-state index contributed by atoms with van der Waals surface area (Å²) in [7, 11) is 2.77. The number of nitriles is 1. The lowest BCUT2D eigenvalue weighted by Crippen LogP contribution is -2.40. The minimum Gasteiger partial charge on any atom is -0.493 e. The molecule has 0 aliphatic carbocycles. The van der Waals surface area contributed by atoms with Gasteiger partial charge in [-0.05, 0) is 62.7 Å². The first-order valence-corrected chi connectivity index (χ1v) is 17.4. The molecule has 0 saturated carbocycles. The molecule has 4 aromatic rings. The molecule has 1 aromatic heterocycles. The molecule has 51 heavy (non-hydrogen) atoms. The Hall–Kier alpha value is -5.39. The summed E-state index contributed by atoms with van der Waals surface area (Å²) >= 11 is 4.67. The second-order valence-corrected chi connectivity index (χ2v) is 12.8. The number of carbonyl (C=O) groups is 2. The zero-order chi connectivity index (χ0) is 36.7. The Bertz CT molecular complexity index is 2240. The lowest BCUT2D eigenvalue weighted by atomic mass is 9.95. The largest absolute Gasteiger partial charge is 0.493 e. The van der Waals surface area contributed by atoms with Crippen molar-refractivity contribution in [2.75, 3.05) is 34.0 Å². The average Bonchev–Trinajstić information content (AvgIpc) is 3.43. The number of benzene rings is 3. The number of carbonyl (C=O) groups excluding carboxylic acids is 2. The molecule has 0 bridgehead atoms. The van der Waals surface area contributed by atoms with Crippen LogP contribution in [0.15, 0.2) is 80.1 Å². The number of allylic oxidation sites excluding steroid dienone is 1. The molecule has 0 N–H and O–H groups in total. The van der Waals surface area contributed by atoms with E-state index in [0.29, 0.717) is 59.0 Å². The number of methoxy groups -OCH3 is 2. The molecule has 2 heterocycles. The molecule has 0 saturated heterocycles. The molecule has 5 rings (SSSR count). The van der Waals surface area contributed by atoms with Crippen LogP contribution in [0.1, 0.15) is 49.1 Å². The van der Waals surface area contributed by atoms with Gasteiger partial charge >= 0.3 is 11.9 Å². The van der Waals surface area contributed by atoms with Gasteiger partial charge in [-0.2, -0.15) is 5.26 Å². The van der Waals surface area contributed by atoms with Crippen LogP contribution in [0.2, 0.25) is 0 Å². The highest BCUT2D eigenvalue weighted by Crippen LogP contribution is 2.38. The van der Waals surface area contributed by atoms with Gasteiger partial charge in [0.15, 0.2) is 34.4 Å². The Kier molecular flexibility index (Phi) is 12.0. The summed E-state index contributed by atoms with van der Waals surface area (Å²) in [5.74, 6) is 0.176. The summed E-state index contributed by atoms with van der Waals surface area (Å²) in [4.78, 5) is 44.7. The number of hydrogen-bond acceptors (Lipinski definition) is 12. The number of ether oxygens (including phenoxy) is 6. The number of thiazole rings is 1. The van der Waals surface area contributed by atoms with Crippen molar-refractivity contribution in [2.45, 2.75) is 33.4 Å². The van der Waals surface area contributed by atoms with E-state index in [2.05, 4.69) is 27.0 Å². The number of halogens is 1. The highest BCUT2D eigenvalue weighted by molar-refractivity contribution is 9.10. The van der Waals surface area contributed by atoms with E-state index in [-0.39, 0.29) is 37.8 Å². The first kappa shape index (κ1) is 36.9. The van der Waals surface area contributed by atoms with E-state index in [1.54, 1.807) is 75.4 Å². The third-order valence-electron chi connectivity index (χ3n) is 7.74. The number of nitrogens with zero attached hydrogens (tertiary/aromatic N) is 3. The number of hydrogen-bond donors (Lipinski definition) is 0. The van der Waals surface area contributed by atoms with Crippen LogP contribution in [0.4, 0.5) is 0 Å². The van der Waals surface area contributed by atoms with Crippen LogP contribution in [-0.2, 0) is 25.7 Å². The summed E-state index contributed by atoms with van der Waals surface area (Å²) in [5.41, 5.74) is 2.38. The lowest BCUT2D eigenvalue weighted by molar-refractivity contribution is -0.143. The first-order valence-electron chi connectivity index (χ1n) is 15.8. The second-order valence-electron chi connectivity index (χ2n) is 10.9. The molecule has 1 aliphatic heterocycles. The van der Waals surface area contributed by atoms with E-state index in [0.717, 1.165) is 11.3 Å².